The van der Waals surface area contributed by atoms with Crippen molar-refractivity contribution in [2.24, 2.45) is 7.05 Å². The van der Waals surface area contributed by atoms with E-state index in [0.29, 0.717) is 11.7 Å². The molecule has 0 atom stereocenters. The molecule has 2 N–H and O–H groups in total. The number of H-pyrrole nitrogens is 1. The van der Waals surface area contributed by atoms with Gasteiger partial charge in [0, 0.05) is 24.9 Å². The first kappa shape index (κ1) is 13.4. The van der Waals surface area contributed by atoms with E-state index in [0.717, 1.165) is 17.0 Å². The minimum absolute atomic E-state index is 0.200. The number of aryl methyl sites for hydroxylation is 2. The van der Waals surface area contributed by atoms with Gasteiger partial charge < -0.3 is 10.3 Å². The number of nitrogens with zero attached hydrogens (tertiary/aromatic N) is 3. The third-order valence-electron chi connectivity index (χ3n) is 2.61. The Morgan fingerprint density at radius 3 is 3.00 bits per heavy atom. The van der Waals surface area contributed by atoms with Crippen LogP contribution in [0.4, 0.5) is 0 Å². The second kappa shape index (κ2) is 5.71. The highest BCUT2D eigenvalue weighted by molar-refractivity contribution is 6.31. The summed E-state index contributed by atoms with van der Waals surface area (Å²) in [6, 6.07) is 0. The Morgan fingerprint density at radius 1 is 1.63 bits per heavy atom. The number of halogens is 1. The SMILES string of the molecule is Cc1nn(C)c(Cl)c1C=CC(=O)NCc1cnc[nH]1. The maximum Gasteiger partial charge on any atom is 0.244 e. The highest BCUT2D eigenvalue weighted by atomic mass is 35.5. The Balaban J connectivity index is 1.96. The van der Waals surface area contributed by atoms with Crippen molar-refractivity contribution in [3.8, 4) is 0 Å². The predicted molar refractivity (Wildman–Crippen MR) is 72.4 cm³/mol. The summed E-state index contributed by atoms with van der Waals surface area (Å²) in [7, 11) is 1.75. The van der Waals surface area contributed by atoms with Gasteiger partial charge in [-0.15, -0.1) is 0 Å². The van der Waals surface area contributed by atoms with Crippen LogP contribution < -0.4 is 5.32 Å². The first-order chi connectivity index (χ1) is 9.08. The molecule has 0 saturated heterocycles. The summed E-state index contributed by atoms with van der Waals surface area (Å²) >= 11 is 6.06. The van der Waals surface area contributed by atoms with Crippen LogP contribution in [0.2, 0.25) is 5.15 Å². The van der Waals surface area contributed by atoms with Crippen molar-refractivity contribution in [2.45, 2.75) is 13.5 Å². The average molecular weight is 280 g/mol. The number of imidazole rings is 1. The van der Waals surface area contributed by atoms with Crippen LogP contribution in [-0.4, -0.2) is 25.7 Å². The maximum atomic E-state index is 11.6. The van der Waals surface area contributed by atoms with E-state index in [1.807, 2.05) is 6.92 Å². The molecule has 0 aromatic carbocycles. The van der Waals surface area contributed by atoms with E-state index in [9.17, 15) is 4.79 Å². The molecular weight excluding hydrogens is 266 g/mol. The number of nitrogens with one attached hydrogen (secondary N) is 2. The van der Waals surface area contributed by atoms with Crippen LogP contribution in [0.3, 0.4) is 0 Å². The fourth-order valence-electron chi connectivity index (χ4n) is 1.62. The fraction of sp³-hybridized carbons (Fsp3) is 0.250. The van der Waals surface area contributed by atoms with Gasteiger partial charge in [0.25, 0.3) is 0 Å². The molecule has 2 aromatic rings. The van der Waals surface area contributed by atoms with E-state index >= 15 is 0 Å². The number of carbonyl (C=O) groups excluding carboxylic acids is 1. The Morgan fingerprint density at radius 2 is 2.42 bits per heavy atom. The van der Waals surface area contributed by atoms with Crippen LogP contribution in [-0.2, 0) is 18.4 Å². The average Bonchev–Trinajstić information content (AvgIpc) is 2.96. The Labute approximate surface area is 115 Å². The van der Waals surface area contributed by atoms with E-state index in [2.05, 4.69) is 20.4 Å². The van der Waals surface area contributed by atoms with Crippen LogP contribution >= 0.6 is 11.6 Å². The first-order valence-corrected chi connectivity index (χ1v) is 6.08. The largest absolute Gasteiger partial charge is 0.347 e. The van der Waals surface area contributed by atoms with Crippen molar-refractivity contribution in [1.29, 1.82) is 0 Å². The highest BCUT2D eigenvalue weighted by Gasteiger charge is 2.08. The Bertz CT molecular complexity index is 600. The van der Waals surface area contributed by atoms with Crippen molar-refractivity contribution in [1.82, 2.24) is 25.1 Å². The van der Waals surface area contributed by atoms with Crippen LogP contribution in [0.5, 0.6) is 0 Å². The quantitative estimate of drug-likeness (QED) is 0.832. The van der Waals surface area contributed by atoms with Gasteiger partial charge in [-0.05, 0) is 13.0 Å². The number of aromatic amines is 1. The molecule has 0 aliphatic rings. The van der Waals surface area contributed by atoms with E-state index in [1.54, 1.807) is 30.3 Å². The monoisotopic (exact) mass is 279 g/mol. The lowest BCUT2D eigenvalue weighted by Gasteiger charge is -1.98. The predicted octanol–water partition coefficient (Wildman–Crippen LogP) is 1.43. The summed E-state index contributed by atoms with van der Waals surface area (Å²) < 4.78 is 1.57. The standard InChI is InChI=1S/C12H14ClN5O/c1-8-10(12(13)18(2)17-8)3-4-11(19)15-6-9-5-14-7-16-9/h3-5,7H,6H2,1-2H3,(H,14,16)(H,15,19). The molecule has 0 bridgehead atoms. The van der Waals surface area contributed by atoms with Crippen molar-refractivity contribution in [3.05, 3.63) is 40.7 Å². The molecule has 0 spiro atoms. The summed E-state index contributed by atoms with van der Waals surface area (Å²) in [5.74, 6) is -0.200. The van der Waals surface area contributed by atoms with E-state index in [1.165, 1.54) is 6.08 Å². The number of aromatic nitrogens is 4. The fourth-order valence-corrected chi connectivity index (χ4v) is 1.85. The van der Waals surface area contributed by atoms with Gasteiger partial charge in [0.2, 0.25) is 5.91 Å². The summed E-state index contributed by atoms with van der Waals surface area (Å²) in [6.07, 6.45) is 6.32. The topological polar surface area (TPSA) is 75.6 Å². The van der Waals surface area contributed by atoms with Crippen molar-refractivity contribution < 1.29 is 4.79 Å². The van der Waals surface area contributed by atoms with Crippen molar-refractivity contribution in [3.63, 3.8) is 0 Å². The van der Waals surface area contributed by atoms with Gasteiger partial charge in [0.05, 0.1) is 24.3 Å². The third-order valence-corrected chi connectivity index (χ3v) is 3.05. The summed E-state index contributed by atoms with van der Waals surface area (Å²) in [6.45, 7) is 2.25. The van der Waals surface area contributed by atoms with E-state index in [-0.39, 0.29) is 5.91 Å². The Kier molecular flexibility index (Phi) is 4.01. The maximum absolute atomic E-state index is 11.6. The van der Waals surface area contributed by atoms with Gasteiger partial charge >= 0.3 is 0 Å². The number of carbonyl (C=O) groups is 1. The molecule has 2 rings (SSSR count). The molecule has 2 aromatic heterocycles. The molecule has 0 aliphatic carbocycles. The van der Waals surface area contributed by atoms with Gasteiger partial charge in [-0.25, -0.2) is 4.98 Å². The molecule has 100 valence electrons. The summed E-state index contributed by atoms with van der Waals surface area (Å²) in [5, 5.41) is 7.41. The van der Waals surface area contributed by atoms with Gasteiger partial charge in [0.15, 0.2) is 0 Å². The molecule has 1 amide bonds. The molecule has 0 unspecified atom stereocenters. The minimum Gasteiger partial charge on any atom is -0.347 e. The van der Waals surface area contributed by atoms with E-state index < -0.39 is 0 Å². The highest BCUT2D eigenvalue weighted by Crippen LogP contribution is 2.19. The zero-order chi connectivity index (χ0) is 13.8. The molecule has 2 heterocycles. The van der Waals surface area contributed by atoms with Crippen LogP contribution in [0.1, 0.15) is 17.0 Å². The van der Waals surface area contributed by atoms with Gasteiger partial charge in [-0.2, -0.15) is 5.10 Å². The number of rotatable bonds is 4. The van der Waals surface area contributed by atoms with Crippen molar-refractivity contribution in [2.75, 3.05) is 0 Å². The lowest BCUT2D eigenvalue weighted by molar-refractivity contribution is -0.116. The van der Waals surface area contributed by atoms with Gasteiger partial charge in [-0.3, -0.25) is 9.48 Å². The van der Waals surface area contributed by atoms with Gasteiger partial charge in [0.1, 0.15) is 5.15 Å². The smallest absolute Gasteiger partial charge is 0.244 e. The molecule has 6 nitrogen and oxygen atoms in total. The molecule has 0 saturated carbocycles. The zero-order valence-corrected chi connectivity index (χ0v) is 11.4. The van der Waals surface area contributed by atoms with Gasteiger partial charge in [-0.1, -0.05) is 11.6 Å². The molecule has 0 fully saturated rings. The second-order valence-electron chi connectivity index (χ2n) is 4.04. The lowest BCUT2D eigenvalue weighted by Crippen LogP contribution is -2.20. The summed E-state index contributed by atoms with van der Waals surface area (Å²) in [4.78, 5) is 18.4. The molecule has 7 heteroatoms. The molecule has 0 radical (unpaired) electrons. The van der Waals surface area contributed by atoms with Crippen molar-refractivity contribution >= 4 is 23.6 Å². The van der Waals surface area contributed by atoms with Crippen LogP contribution in [0.25, 0.3) is 6.08 Å². The minimum atomic E-state index is -0.200. The first-order valence-electron chi connectivity index (χ1n) is 5.70. The number of hydrogen-bond acceptors (Lipinski definition) is 3. The molecular formula is C12H14ClN5O. The number of amides is 1. The molecule has 0 aliphatic heterocycles. The number of hydrogen-bond donors (Lipinski definition) is 2. The zero-order valence-electron chi connectivity index (χ0n) is 10.6. The normalized spacial score (nSPS) is 11.1. The van der Waals surface area contributed by atoms with E-state index in [4.69, 9.17) is 11.6 Å². The Hall–Kier alpha value is -2.08. The third kappa shape index (κ3) is 3.23. The molecule has 19 heavy (non-hydrogen) atoms. The van der Waals surface area contributed by atoms with Crippen LogP contribution in [0.15, 0.2) is 18.6 Å². The van der Waals surface area contributed by atoms with Crippen LogP contribution in [0, 0.1) is 6.92 Å². The lowest BCUT2D eigenvalue weighted by atomic mass is 10.2. The second-order valence-corrected chi connectivity index (χ2v) is 4.40. The summed E-state index contributed by atoms with van der Waals surface area (Å²) in [5.41, 5.74) is 2.38.